The number of amides is 2. The highest BCUT2D eigenvalue weighted by Gasteiger charge is 2.34. The van der Waals surface area contributed by atoms with E-state index in [0.717, 1.165) is 31.4 Å². The van der Waals surface area contributed by atoms with Crippen molar-refractivity contribution in [3.63, 3.8) is 0 Å². The van der Waals surface area contributed by atoms with Gasteiger partial charge in [-0.05, 0) is 36.1 Å². The highest BCUT2D eigenvalue weighted by Crippen LogP contribution is 2.34. The molecule has 0 bridgehead atoms. The van der Waals surface area contributed by atoms with Crippen LogP contribution in [0.15, 0.2) is 30.5 Å². The summed E-state index contributed by atoms with van der Waals surface area (Å²) in [7, 11) is 1.75. The summed E-state index contributed by atoms with van der Waals surface area (Å²) in [5.74, 6) is 1.56. The molecule has 4 rings (SSSR count). The van der Waals surface area contributed by atoms with Crippen LogP contribution in [0.4, 0.5) is 35.4 Å². The molecule has 190 valence electrons. The zero-order valence-electron chi connectivity index (χ0n) is 19.6. The third kappa shape index (κ3) is 6.73. The van der Waals surface area contributed by atoms with Gasteiger partial charge in [-0.25, -0.2) is 9.78 Å². The number of nitrogens with one attached hydrogen (secondary N) is 3. The number of aromatic nitrogens is 2. The summed E-state index contributed by atoms with van der Waals surface area (Å²) < 4.78 is 46.4. The van der Waals surface area contributed by atoms with Gasteiger partial charge in [0, 0.05) is 58.2 Å². The average Bonchev–Trinajstić information content (AvgIpc) is 3.33. The van der Waals surface area contributed by atoms with E-state index in [9.17, 15) is 18.0 Å². The van der Waals surface area contributed by atoms with Crippen molar-refractivity contribution in [2.24, 2.45) is 5.92 Å². The highest BCUT2D eigenvalue weighted by molar-refractivity contribution is 5.89. The van der Waals surface area contributed by atoms with Gasteiger partial charge < -0.3 is 25.6 Å². The van der Waals surface area contributed by atoms with E-state index < -0.39 is 17.8 Å². The molecule has 2 aliphatic heterocycles. The van der Waals surface area contributed by atoms with Gasteiger partial charge in [0.2, 0.25) is 5.95 Å². The fourth-order valence-corrected chi connectivity index (χ4v) is 4.32. The topological polar surface area (TPSA) is 94.7 Å². The molecular formula is C23H30F3N7O2. The smallest absolute Gasteiger partial charge is 0.379 e. The number of nitrogens with zero attached hydrogens (tertiary/aromatic N) is 4. The molecule has 1 aromatic heterocycles. The van der Waals surface area contributed by atoms with Crippen LogP contribution in [0.2, 0.25) is 0 Å². The average molecular weight is 494 g/mol. The Bertz CT molecular complexity index is 1010. The molecular weight excluding hydrogens is 463 g/mol. The first-order chi connectivity index (χ1) is 16.8. The molecule has 2 amide bonds. The molecule has 0 unspecified atom stereocenters. The highest BCUT2D eigenvalue weighted by atomic mass is 19.4. The molecule has 1 aromatic carbocycles. The first-order valence-electron chi connectivity index (χ1n) is 11.6. The second-order valence-corrected chi connectivity index (χ2v) is 8.68. The van der Waals surface area contributed by atoms with Crippen LogP contribution in [-0.4, -0.2) is 73.9 Å². The summed E-state index contributed by atoms with van der Waals surface area (Å²) >= 11 is 0. The molecule has 12 heteroatoms. The number of benzene rings is 1. The Morgan fingerprint density at radius 3 is 2.74 bits per heavy atom. The summed E-state index contributed by atoms with van der Waals surface area (Å²) in [5.41, 5.74) is -0.448. The van der Waals surface area contributed by atoms with Crippen LogP contribution < -0.4 is 20.9 Å². The van der Waals surface area contributed by atoms with E-state index in [1.54, 1.807) is 13.2 Å². The monoisotopic (exact) mass is 493 g/mol. The van der Waals surface area contributed by atoms with Crippen LogP contribution >= 0.6 is 0 Å². The van der Waals surface area contributed by atoms with Crippen LogP contribution in [-0.2, 0) is 17.5 Å². The minimum absolute atomic E-state index is 0.106. The van der Waals surface area contributed by atoms with Crippen LogP contribution in [0.3, 0.4) is 0 Å². The molecule has 0 radical (unpaired) electrons. The molecule has 2 aromatic rings. The third-order valence-electron chi connectivity index (χ3n) is 6.20. The maximum absolute atomic E-state index is 13.7. The first kappa shape index (κ1) is 25.0. The lowest BCUT2D eigenvalue weighted by Crippen LogP contribution is -2.36. The SMILES string of the molecule is CNc1nccc(N2CC[C@H](CNC(=O)Nc3ccc(CN4CCOCC4)c(C(F)(F)F)c3)C2)n1. The van der Waals surface area contributed by atoms with E-state index in [1.165, 1.54) is 12.1 Å². The van der Waals surface area contributed by atoms with Gasteiger partial charge in [0.05, 0.1) is 18.8 Å². The van der Waals surface area contributed by atoms with Crippen LogP contribution in [0.1, 0.15) is 17.5 Å². The number of ether oxygens (including phenoxy) is 1. The van der Waals surface area contributed by atoms with E-state index in [0.29, 0.717) is 38.8 Å². The third-order valence-corrected chi connectivity index (χ3v) is 6.20. The number of alkyl halides is 3. The molecule has 2 fully saturated rings. The fourth-order valence-electron chi connectivity index (χ4n) is 4.32. The maximum atomic E-state index is 13.7. The van der Waals surface area contributed by atoms with Gasteiger partial charge in [0.25, 0.3) is 0 Å². The summed E-state index contributed by atoms with van der Waals surface area (Å²) in [4.78, 5) is 25.0. The largest absolute Gasteiger partial charge is 0.416 e. The number of rotatable bonds is 7. The van der Waals surface area contributed by atoms with Crippen molar-refractivity contribution in [3.05, 3.63) is 41.6 Å². The molecule has 3 N–H and O–H groups in total. The molecule has 9 nitrogen and oxygen atoms in total. The lowest BCUT2D eigenvalue weighted by atomic mass is 10.0. The Kier molecular flexibility index (Phi) is 7.91. The number of morpholine rings is 1. The Labute approximate surface area is 202 Å². The molecule has 35 heavy (non-hydrogen) atoms. The number of carbonyl (C=O) groups excluding carboxylic acids is 1. The summed E-state index contributed by atoms with van der Waals surface area (Å²) in [6.07, 6.45) is -1.96. The van der Waals surface area contributed by atoms with Gasteiger partial charge >= 0.3 is 12.2 Å². The molecule has 0 saturated carbocycles. The van der Waals surface area contributed by atoms with E-state index in [2.05, 4.69) is 30.8 Å². The number of urea groups is 1. The zero-order valence-corrected chi connectivity index (χ0v) is 19.6. The molecule has 1 atom stereocenters. The Balaban J connectivity index is 1.31. The predicted octanol–water partition coefficient (Wildman–Crippen LogP) is 3.02. The van der Waals surface area contributed by atoms with Crippen LogP contribution in [0.25, 0.3) is 0 Å². The van der Waals surface area contributed by atoms with Gasteiger partial charge in [0.1, 0.15) is 5.82 Å². The first-order valence-corrected chi connectivity index (χ1v) is 11.6. The van der Waals surface area contributed by atoms with Gasteiger partial charge in [-0.1, -0.05) is 6.07 Å². The van der Waals surface area contributed by atoms with Crippen molar-refractivity contribution in [1.29, 1.82) is 0 Å². The van der Waals surface area contributed by atoms with Crippen LogP contribution in [0, 0.1) is 5.92 Å². The van der Waals surface area contributed by atoms with Crippen molar-refractivity contribution in [2.75, 3.05) is 68.5 Å². The zero-order chi connectivity index (χ0) is 24.8. The van der Waals surface area contributed by atoms with Crippen molar-refractivity contribution in [3.8, 4) is 0 Å². The van der Waals surface area contributed by atoms with Gasteiger partial charge in [-0.3, -0.25) is 4.90 Å². The maximum Gasteiger partial charge on any atom is 0.416 e. The van der Waals surface area contributed by atoms with Crippen molar-refractivity contribution in [1.82, 2.24) is 20.2 Å². The van der Waals surface area contributed by atoms with Crippen molar-refractivity contribution < 1.29 is 22.7 Å². The standard InChI is InChI=1S/C23H30F3N7O2/c1-27-21-28-6-4-20(31-21)33-7-5-16(14-33)13-29-22(34)30-18-3-2-17(19(12-18)23(24,25)26)15-32-8-10-35-11-9-32/h2-4,6,12,16H,5,7-11,13-15H2,1H3,(H,27,28,31)(H2,29,30,34)/t16-/m1/s1. The second-order valence-electron chi connectivity index (χ2n) is 8.68. The van der Waals surface area contributed by atoms with Gasteiger partial charge in [-0.2, -0.15) is 18.2 Å². The van der Waals surface area contributed by atoms with E-state index in [-0.39, 0.29) is 23.7 Å². The quantitative estimate of drug-likeness (QED) is 0.546. The van der Waals surface area contributed by atoms with E-state index in [1.807, 2.05) is 11.0 Å². The molecule has 3 heterocycles. The number of carbonyl (C=O) groups is 1. The minimum Gasteiger partial charge on any atom is -0.379 e. The molecule has 2 saturated heterocycles. The second kappa shape index (κ2) is 11.1. The normalized spacial score (nSPS) is 19.0. The van der Waals surface area contributed by atoms with E-state index in [4.69, 9.17) is 4.74 Å². The Hall–Kier alpha value is -3.12. The number of hydrogen-bond acceptors (Lipinski definition) is 7. The van der Waals surface area contributed by atoms with Crippen molar-refractivity contribution in [2.45, 2.75) is 19.1 Å². The summed E-state index contributed by atoms with van der Waals surface area (Å²) in [6, 6.07) is 5.25. The fraction of sp³-hybridized carbons (Fsp3) is 0.522. The summed E-state index contributed by atoms with van der Waals surface area (Å²) in [5, 5.41) is 8.23. The number of hydrogen-bond donors (Lipinski definition) is 3. The van der Waals surface area contributed by atoms with E-state index >= 15 is 0 Å². The lowest BCUT2D eigenvalue weighted by molar-refractivity contribution is -0.138. The molecule has 0 aliphatic carbocycles. The molecule has 0 spiro atoms. The predicted molar refractivity (Wildman–Crippen MR) is 126 cm³/mol. The van der Waals surface area contributed by atoms with Crippen molar-refractivity contribution >= 4 is 23.5 Å². The Morgan fingerprint density at radius 1 is 1.20 bits per heavy atom. The lowest BCUT2D eigenvalue weighted by Gasteiger charge is -2.27. The van der Waals surface area contributed by atoms with Gasteiger partial charge in [0.15, 0.2) is 0 Å². The van der Waals surface area contributed by atoms with Crippen LogP contribution in [0.5, 0.6) is 0 Å². The van der Waals surface area contributed by atoms with Gasteiger partial charge in [-0.15, -0.1) is 0 Å². The number of halogens is 3. The molecule has 2 aliphatic rings. The Morgan fingerprint density at radius 2 is 2.00 bits per heavy atom. The summed E-state index contributed by atoms with van der Waals surface area (Å²) in [6.45, 7) is 4.31. The minimum atomic E-state index is -4.52. The number of anilines is 3.